The Hall–Kier alpha value is -3.67. The number of anilines is 1. The first-order valence-electron chi connectivity index (χ1n) is 15.4. The third-order valence-corrected chi connectivity index (χ3v) is 10.5. The number of carbonyl (C=O) groups excluding carboxylic acids is 2. The first kappa shape index (κ1) is 36.2. The van der Waals surface area contributed by atoms with Gasteiger partial charge < -0.3 is 24.4 Å². The van der Waals surface area contributed by atoms with Gasteiger partial charge in [-0.1, -0.05) is 61.5 Å². The number of halogens is 2. The van der Waals surface area contributed by atoms with E-state index < -0.39 is 28.5 Å². The maximum absolute atomic E-state index is 14.5. The summed E-state index contributed by atoms with van der Waals surface area (Å²) in [5.41, 5.74) is 0.774. The van der Waals surface area contributed by atoms with Crippen LogP contribution in [0.15, 0.2) is 65.6 Å². The van der Waals surface area contributed by atoms with Crippen LogP contribution in [0.4, 0.5) is 5.69 Å². The van der Waals surface area contributed by atoms with Crippen LogP contribution in [-0.4, -0.2) is 65.1 Å². The minimum atomic E-state index is -4.45. The highest BCUT2D eigenvalue weighted by Crippen LogP contribution is 2.37. The molecule has 1 unspecified atom stereocenters. The minimum Gasteiger partial charge on any atom is -0.495 e. The third kappa shape index (κ3) is 8.82. The van der Waals surface area contributed by atoms with Gasteiger partial charge in [0.05, 0.1) is 31.9 Å². The molecule has 0 spiro atoms. The monoisotopic (exact) mass is 705 g/mol. The van der Waals surface area contributed by atoms with Gasteiger partial charge in [0.15, 0.2) is 11.5 Å². The topological polar surface area (TPSA) is 114 Å². The van der Waals surface area contributed by atoms with Gasteiger partial charge in [0.2, 0.25) is 11.8 Å². The first-order valence-corrected chi connectivity index (χ1v) is 17.6. The Labute approximate surface area is 286 Å². The van der Waals surface area contributed by atoms with E-state index in [9.17, 15) is 18.0 Å². The van der Waals surface area contributed by atoms with Crippen LogP contribution in [0, 0.1) is 0 Å². The van der Waals surface area contributed by atoms with Crippen molar-refractivity contribution in [2.45, 2.75) is 69.0 Å². The Bertz CT molecular complexity index is 1650. The molecule has 0 aromatic heterocycles. The molecule has 1 aliphatic rings. The maximum Gasteiger partial charge on any atom is 0.265 e. The number of ether oxygens (including phenoxy) is 3. The van der Waals surface area contributed by atoms with Gasteiger partial charge in [-0.05, 0) is 67.3 Å². The summed E-state index contributed by atoms with van der Waals surface area (Å²) >= 11 is 12.5. The molecule has 0 bridgehead atoms. The van der Waals surface area contributed by atoms with Crippen LogP contribution in [0.2, 0.25) is 10.0 Å². The zero-order valence-electron chi connectivity index (χ0n) is 27.0. The number of carbonyl (C=O) groups is 2. The lowest BCUT2D eigenvalue weighted by Gasteiger charge is -2.34. The zero-order valence-corrected chi connectivity index (χ0v) is 29.3. The van der Waals surface area contributed by atoms with Gasteiger partial charge in [0.1, 0.15) is 18.3 Å². The number of hydrogen-bond donors (Lipinski definition) is 1. The molecule has 1 atom stereocenters. The second kappa shape index (κ2) is 16.4. The summed E-state index contributed by atoms with van der Waals surface area (Å²) < 4.78 is 46.0. The lowest BCUT2D eigenvalue weighted by atomic mass is 9.95. The second-order valence-electron chi connectivity index (χ2n) is 11.3. The zero-order chi connectivity index (χ0) is 34.1. The number of methoxy groups -OCH3 is 3. The Morgan fingerprint density at radius 1 is 0.851 bits per heavy atom. The van der Waals surface area contributed by atoms with Gasteiger partial charge in [-0.15, -0.1) is 0 Å². The van der Waals surface area contributed by atoms with E-state index in [0.717, 1.165) is 42.0 Å². The summed E-state index contributed by atoms with van der Waals surface area (Å²) in [6, 6.07) is 14.8. The number of hydrogen-bond acceptors (Lipinski definition) is 7. The van der Waals surface area contributed by atoms with Gasteiger partial charge in [-0.3, -0.25) is 13.9 Å². The average molecular weight is 707 g/mol. The van der Waals surface area contributed by atoms with Crippen molar-refractivity contribution < 1.29 is 32.2 Å². The number of nitrogens with one attached hydrogen (secondary N) is 1. The molecule has 13 heteroatoms. The highest BCUT2D eigenvalue weighted by Gasteiger charge is 2.36. The summed E-state index contributed by atoms with van der Waals surface area (Å²) in [6.45, 7) is 1.21. The van der Waals surface area contributed by atoms with E-state index in [4.69, 9.17) is 37.4 Å². The van der Waals surface area contributed by atoms with E-state index in [-0.39, 0.29) is 45.6 Å². The summed E-state index contributed by atoms with van der Waals surface area (Å²) in [7, 11) is -0.217. The summed E-state index contributed by atoms with van der Waals surface area (Å²) in [6.07, 6.45) is 5.24. The van der Waals surface area contributed by atoms with E-state index in [1.807, 2.05) is 6.92 Å². The van der Waals surface area contributed by atoms with Crippen LogP contribution < -0.4 is 23.8 Å². The van der Waals surface area contributed by atoms with E-state index in [2.05, 4.69) is 5.32 Å². The predicted molar refractivity (Wildman–Crippen MR) is 183 cm³/mol. The summed E-state index contributed by atoms with van der Waals surface area (Å²) in [5.74, 6) is -0.184. The van der Waals surface area contributed by atoms with Gasteiger partial charge in [-0.25, -0.2) is 8.42 Å². The molecular weight excluding hydrogens is 665 g/mol. The molecular formula is C34H41Cl2N3O7S. The van der Waals surface area contributed by atoms with Crippen molar-refractivity contribution in [3.63, 3.8) is 0 Å². The fraction of sp³-hybridized carbons (Fsp3) is 0.412. The van der Waals surface area contributed by atoms with Gasteiger partial charge in [0.25, 0.3) is 10.0 Å². The van der Waals surface area contributed by atoms with E-state index in [1.54, 1.807) is 30.3 Å². The molecule has 3 aromatic rings. The molecule has 0 heterocycles. The number of amides is 2. The van der Waals surface area contributed by atoms with Crippen LogP contribution in [0.5, 0.6) is 17.2 Å². The fourth-order valence-electron chi connectivity index (χ4n) is 5.73. The Morgan fingerprint density at radius 2 is 1.47 bits per heavy atom. The molecule has 1 aliphatic carbocycles. The van der Waals surface area contributed by atoms with Crippen molar-refractivity contribution in [2.75, 3.05) is 32.2 Å². The molecule has 0 radical (unpaired) electrons. The minimum absolute atomic E-state index is 0.0236. The van der Waals surface area contributed by atoms with E-state index in [0.29, 0.717) is 17.2 Å². The molecule has 4 rings (SSSR count). The van der Waals surface area contributed by atoms with Crippen LogP contribution in [0.25, 0.3) is 0 Å². The van der Waals surface area contributed by atoms with E-state index in [1.165, 1.54) is 56.6 Å². The largest absolute Gasteiger partial charge is 0.495 e. The average Bonchev–Trinajstić information content (AvgIpc) is 3.07. The highest BCUT2D eigenvalue weighted by atomic mass is 35.5. The van der Waals surface area contributed by atoms with Crippen molar-refractivity contribution in [3.8, 4) is 17.2 Å². The third-order valence-electron chi connectivity index (χ3n) is 8.24. The predicted octanol–water partition coefficient (Wildman–Crippen LogP) is 6.47. The quantitative estimate of drug-likeness (QED) is 0.204. The molecule has 1 N–H and O–H groups in total. The Kier molecular flexibility index (Phi) is 12.6. The smallest absolute Gasteiger partial charge is 0.265 e. The lowest BCUT2D eigenvalue weighted by Crippen LogP contribution is -2.54. The van der Waals surface area contributed by atoms with Gasteiger partial charge in [-0.2, -0.15) is 0 Å². The number of sulfonamides is 1. The SMILES string of the molecule is CCC(C(=O)NC1CCCCC1)N(Cc1ccc(Cl)cc1)C(=O)CN(c1cc(Cl)ccc1OC)S(=O)(=O)c1ccc(OC)c(OC)c1. The highest BCUT2D eigenvalue weighted by molar-refractivity contribution is 7.92. The molecule has 3 aromatic carbocycles. The number of benzene rings is 3. The molecule has 254 valence electrons. The van der Waals surface area contributed by atoms with Crippen molar-refractivity contribution in [1.29, 1.82) is 0 Å². The normalized spacial score (nSPS) is 14.2. The summed E-state index contributed by atoms with van der Waals surface area (Å²) in [5, 5.41) is 3.90. The van der Waals surface area contributed by atoms with Crippen LogP contribution in [0.3, 0.4) is 0 Å². The molecule has 1 saturated carbocycles. The molecule has 0 saturated heterocycles. The van der Waals surface area contributed by atoms with Crippen molar-refractivity contribution in [1.82, 2.24) is 10.2 Å². The van der Waals surface area contributed by atoms with E-state index >= 15 is 0 Å². The molecule has 2 amide bonds. The van der Waals surface area contributed by atoms with Crippen molar-refractivity contribution >= 4 is 50.7 Å². The molecule has 1 fully saturated rings. The fourth-order valence-corrected chi connectivity index (χ4v) is 7.45. The molecule has 0 aliphatic heterocycles. The first-order chi connectivity index (χ1) is 22.5. The van der Waals surface area contributed by atoms with Gasteiger partial charge in [0, 0.05) is 28.7 Å². The van der Waals surface area contributed by atoms with Crippen molar-refractivity contribution in [2.24, 2.45) is 0 Å². The number of nitrogens with zero attached hydrogens (tertiary/aromatic N) is 2. The van der Waals surface area contributed by atoms with Crippen molar-refractivity contribution in [3.05, 3.63) is 76.3 Å². The van der Waals surface area contributed by atoms with Gasteiger partial charge >= 0.3 is 0 Å². The molecule has 47 heavy (non-hydrogen) atoms. The molecule has 10 nitrogen and oxygen atoms in total. The standard InChI is InChI=1S/C34H41Cl2N3O7S/c1-5-28(34(41)37-26-9-7-6-8-10-26)38(21-23-11-13-24(35)14-12-23)33(40)22-39(29-19-25(36)15-17-30(29)44-2)47(42,43)27-16-18-31(45-3)32(20-27)46-4/h11-20,26,28H,5-10,21-22H2,1-4H3,(H,37,41). The summed E-state index contributed by atoms with van der Waals surface area (Å²) in [4.78, 5) is 29.5. The Balaban J connectivity index is 1.79. The Morgan fingerprint density at radius 3 is 2.09 bits per heavy atom. The lowest BCUT2D eigenvalue weighted by molar-refractivity contribution is -0.140. The number of rotatable bonds is 14. The van der Waals surface area contributed by atoms with Crippen LogP contribution >= 0.6 is 23.2 Å². The van der Waals surface area contributed by atoms with Crippen LogP contribution in [-0.2, 0) is 26.2 Å². The second-order valence-corrected chi connectivity index (χ2v) is 14.0. The van der Waals surface area contributed by atoms with Crippen LogP contribution in [0.1, 0.15) is 51.0 Å². The maximum atomic E-state index is 14.5.